The number of carbonyl (C=O) groups is 1. The summed E-state index contributed by atoms with van der Waals surface area (Å²) in [5.74, 6) is 2.75. The lowest BCUT2D eigenvalue weighted by Gasteiger charge is -2.36. The molecular weight excluding hydrogens is 526 g/mol. The Kier molecular flexibility index (Phi) is 9.19. The first-order chi connectivity index (χ1) is 20.1. The topological polar surface area (TPSA) is 86.8 Å². The van der Waals surface area contributed by atoms with Gasteiger partial charge in [-0.05, 0) is 125 Å². The molecule has 1 saturated heterocycles. The minimum absolute atomic E-state index is 0.137. The van der Waals surface area contributed by atoms with E-state index in [2.05, 4.69) is 53.3 Å². The molecule has 7 nitrogen and oxygen atoms in total. The summed E-state index contributed by atoms with van der Waals surface area (Å²) in [6.07, 6.45) is 5.96. The van der Waals surface area contributed by atoms with Crippen LogP contribution in [0.5, 0.6) is 11.5 Å². The van der Waals surface area contributed by atoms with Crippen LogP contribution in [0.2, 0.25) is 0 Å². The fourth-order valence-electron chi connectivity index (χ4n) is 7.15. The highest BCUT2D eigenvalue weighted by Gasteiger charge is 2.32. The average Bonchev–Trinajstić information content (AvgIpc) is 3.36. The van der Waals surface area contributed by atoms with Gasteiger partial charge in [0.1, 0.15) is 0 Å². The van der Waals surface area contributed by atoms with Crippen LogP contribution in [0.1, 0.15) is 89.2 Å². The van der Waals surface area contributed by atoms with E-state index in [-0.39, 0.29) is 11.9 Å². The number of hydrogen-bond donors (Lipinski definition) is 3. The van der Waals surface area contributed by atoms with Crippen LogP contribution in [-0.2, 0) is 4.79 Å². The van der Waals surface area contributed by atoms with Gasteiger partial charge in [0.05, 0.1) is 32.1 Å². The summed E-state index contributed by atoms with van der Waals surface area (Å²) in [6, 6.07) is 13.2. The second kappa shape index (κ2) is 12.7. The molecule has 1 aromatic heterocycles. The number of nitrogens with one attached hydrogen (secondary N) is 2. The monoisotopic (exact) mass is 575 g/mol. The van der Waals surface area contributed by atoms with Crippen molar-refractivity contribution in [3.63, 3.8) is 0 Å². The van der Waals surface area contributed by atoms with Crippen molar-refractivity contribution in [1.29, 1.82) is 0 Å². The number of piperidine rings is 1. The molecule has 228 valence electrons. The maximum Gasteiger partial charge on any atom is 0.234 e. The minimum atomic E-state index is -0.631. The zero-order valence-electron chi connectivity index (χ0n) is 26.3. The van der Waals surface area contributed by atoms with Gasteiger partial charge < -0.3 is 24.9 Å². The summed E-state index contributed by atoms with van der Waals surface area (Å²) in [6.45, 7) is 10.6. The number of amides is 1. The van der Waals surface area contributed by atoms with Crippen LogP contribution >= 0.6 is 0 Å². The predicted octanol–water partition coefficient (Wildman–Crippen LogP) is 6.60. The van der Waals surface area contributed by atoms with Crippen molar-refractivity contribution in [2.24, 2.45) is 5.92 Å². The van der Waals surface area contributed by atoms with Crippen LogP contribution in [0.15, 0.2) is 36.4 Å². The maximum atomic E-state index is 12.8. The number of rotatable bonds is 9. The second-order valence-electron chi connectivity index (χ2n) is 13.3. The molecule has 2 aromatic carbocycles. The average molecular weight is 576 g/mol. The first kappa shape index (κ1) is 30.4. The van der Waals surface area contributed by atoms with Gasteiger partial charge >= 0.3 is 0 Å². The zero-order chi connectivity index (χ0) is 30.0. The Labute approximate surface area is 251 Å². The van der Waals surface area contributed by atoms with Gasteiger partial charge in [-0.25, -0.2) is 0 Å². The molecule has 1 saturated carbocycles. The fourth-order valence-corrected chi connectivity index (χ4v) is 7.15. The zero-order valence-corrected chi connectivity index (χ0v) is 26.3. The largest absolute Gasteiger partial charge is 0.493 e. The van der Waals surface area contributed by atoms with Crippen LogP contribution in [0, 0.1) is 5.92 Å². The van der Waals surface area contributed by atoms with E-state index in [1.807, 2.05) is 26.0 Å². The fraction of sp³-hybridized carbons (Fsp3) is 0.571. The van der Waals surface area contributed by atoms with Crippen molar-refractivity contribution in [3.05, 3.63) is 47.5 Å². The Morgan fingerprint density at radius 1 is 1.00 bits per heavy atom. The van der Waals surface area contributed by atoms with Crippen molar-refractivity contribution in [2.45, 2.75) is 89.7 Å². The summed E-state index contributed by atoms with van der Waals surface area (Å²) in [5.41, 5.74) is 5.45. The van der Waals surface area contributed by atoms with Gasteiger partial charge in [0.15, 0.2) is 11.5 Å². The van der Waals surface area contributed by atoms with Gasteiger partial charge in [-0.2, -0.15) is 0 Å². The van der Waals surface area contributed by atoms with E-state index >= 15 is 0 Å². The third kappa shape index (κ3) is 6.63. The normalized spacial score (nSPS) is 20.7. The lowest BCUT2D eigenvalue weighted by Crippen LogP contribution is -2.46. The molecule has 0 unspecified atom stereocenters. The number of likely N-dealkylation sites (tertiary alicyclic amines) is 1. The molecule has 0 atom stereocenters. The predicted molar refractivity (Wildman–Crippen MR) is 170 cm³/mol. The number of aromatic amines is 1. The van der Waals surface area contributed by atoms with Gasteiger partial charge in [0.2, 0.25) is 5.91 Å². The van der Waals surface area contributed by atoms with E-state index in [1.54, 1.807) is 14.2 Å². The van der Waals surface area contributed by atoms with E-state index in [0.717, 1.165) is 79.9 Å². The number of H-pyrrole nitrogens is 1. The van der Waals surface area contributed by atoms with Crippen LogP contribution in [0.4, 0.5) is 0 Å². The number of aromatic nitrogens is 1. The number of aliphatic hydroxyl groups is 1. The van der Waals surface area contributed by atoms with Gasteiger partial charge in [-0.15, -0.1) is 0 Å². The van der Waals surface area contributed by atoms with Crippen molar-refractivity contribution >= 4 is 16.8 Å². The van der Waals surface area contributed by atoms with E-state index in [0.29, 0.717) is 24.3 Å². The summed E-state index contributed by atoms with van der Waals surface area (Å²) in [5, 5.41) is 14.9. The molecule has 2 heterocycles. The second-order valence-corrected chi connectivity index (χ2v) is 13.3. The quantitative estimate of drug-likeness (QED) is 0.268. The Balaban J connectivity index is 1.22. The highest BCUT2D eigenvalue weighted by molar-refractivity contribution is 5.92. The Morgan fingerprint density at radius 2 is 1.69 bits per heavy atom. The molecule has 1 aliphatic heterocycles. The summed E-state index contributed by atoms with van der Waals surface area (Å²) in [7, 11) is 3.33. The number of methoxy groups -OCH3 is 2. The molecule has 3 N–H and O–H groups in total. The number of nitrogens with zero attached hydrogens (tertiary/aromatic N) is 1. The first-order valence-corrected chi connectivity index (χ1v) is 15.7. The van der Waals surface area contributed by atoms with Crippen LogP contribution in [0.3, 0.4) is 0 Å². The first-order valence-electron chi connectivity index (χ1n) is 15.7. The third-order valence-electron chi connectivity index (χ3n) is 9.63. The molecule has 1 aliphatic carbocycles. The van der Waals surface area contributed by atoms with Gasteiger partial charge in [0.25, 0.3) is 0 Å². The Bertz CT molecular complexity index is 1370. The van der Waals surface area contributed by atoms with Gasteiger partial charge in [0, 0.05) is 22.5 Å². The number of ether oxygens (including phenoxy) is 2. The van der Waals surface area contributed by atoms with E-state index in [1.165, 1.54) is 16.5 Å². The number of carbonyl (C=O) groups excluding carboxylic acids is 1. The Morgan fingerprint density at radius 3 is 2.31 bits per heavy atom. The highest BCUT2D eigenvalue weighted by Crippen LogP contribution is 2.40. The van der Waals surface area contributed by atoms with Crippen molar-refractivity contribution in [1.82, 2.24) is 15.2 Å². The molecular formula is C35H49N3O4. The van der Waals surface area contributed by atoms with E-state index < -0.39 is 5.60 Å². The molecule has 5 rings (SSSR count). The number of fused-ring (bicyclic) bond motifs is 1. The van der Waals surface area contributed by atoms with Crippen molar-refractivity contribution in [3.8, 4) is 22.8 Å². The number of benzene rings is 2. The Hall–Kier alpha value is -3.03. The molecule has 7 heteroatoms. The standard InChI is InChI=1S/C35H49N3O4/c1-22(2)33-28-19-24(7-13-29(28)37-34(33)25-8-14-30(41-5)31(20-25)42-6)23-15-17-38(18-16-23)21-32(39)36-27-11-9-26(10-12-27)35(3,4)40/h7-8,13-14,19-20,22-23,26-27,37,40H,9-12,15-18,21H2,1-6H3,(H,36,39)/t26-,27-. The molecule has 0 radical (unpaired) electrons. The summed E-state index contributed by atoms with van der Waals surface area (Å²) >= 11 is 0. The van der Waals surface area contributed by atoms with E-state index in [4.69, 9.17) is 9.47 Å². The maximum absolute atomic E-state index is 12.8. The summed E-state index contributed by atoms with van der Waals surface area (Å²) in [4.78, 5) is 18.8. The van der Waals surface area contributed by atoms with Crippen LogP contribution < -0.4 is 14.8 Å². The highest BCUT2D eigenvalue weighted by atomic mass is 16.5. The molecule has 0 spiro atoms. The minimum Gasteiger partial charge on any atom is -0.493 e. The van der Waals surface area contributed by atoms with Crippen LogP contribution in [0.25, 0.3) is 22.2 Å². The molecule has 2 aliphatic rings. The van der Waals surface area contributed by atoms with Gasteiger partial charge in [-0.1, -0.05) is 19.9 Å². The SMILES string of the molecule is COc1ccc(-c2[nH]c3ccc(C4CCN(CC(=O)N[C@H]5CC[C@H](C(C)(C)O)CC5)CC4)cc3c2C(C)C)cc1OC. The molecule has 0 bridgehead atoms. The molecule has 2 fully saturated rings. The van der Waals surface area contributed by atoms with Crippen molar-refractivity contribution < 1.29 is 19.4 Å². The lowest BCUT2D eigenvalue weighted by atomic mass is 9.77. The van der Waals surface area contributed by atoms with E-state index in [9.17, 15) is 9.90 Å². The number of hydrogen-bond acceptors (Lipinski definition) is 5. The van der Waals surface area contributed by atoms with Crippen LogP contribution in [-0.4, -0.2) is 66.4 Å². The smallest absolute Gasteiger partial charge is 0.234 e. The third-order valence-corrected chi connectivity index (χ3v) is 9.63. The van der Waals surface area contributed by atoms with Gasteiger partial charge in [-0.3, -0.25) is 9.69 Å². The molecule has 3 aromatic rings. The molecule has 42 heavy (non-hydrogen) atoms. The lowest BCUT2D eigenvalue weighted by molar-refractivity contribution is -0.123. The van der Waals surface area contributed by atoms with Crippen molar-refractivity contribution in [2.75, 3.05) is 33.9 Å². The summed E-state index contributed by atoms with van der Waals surface area (Å²) < 4.78 is 11.0. The molecule has 1 amide bonds.